The number of halogens is 4. The molecule has 3 nitrogen and oxygen atoms in total. The Morgan fingerprint density at radius 2 is 1.46 bits per heavy atom. The van der Waals surface area contributed by atoms with Gasteiger partial charge in [0.05, 0.1) is 12.2 Å². The van der Waals surface area contributed by atoms with Crippen molar-refractivity contribution in [3.05, 3.63) is 29.6 Å². The molecule has 0 fully saturated rings. The molecule has 0 aromatic carbocycles. The first-order valence-corrected chi connectivity index (χ1v) is 9.33. The Morgan fingerprint density at radius 1 is 0.923 bits per heavy atom. The van der Waals surface area contributed by atoms with E-state index in [0.29, 0.717) is 13.0 Å². The second-order valence-corrected chi connectivity index (χ2v) is 6.38. The number of nitrogens with one attached hydrogen (secondary N) is 1. The van der Waals surface area contributed by atoms with Gasteiger partial charge in [-0.25, -0.2) is 0 Å². The molecule has 26 heavy (non-hydrogen) atoms. The summed E-state index contributed by atoms with van der Waals surface area (Å²) >= 11 is 0. The van der Waals surface area contributed by atoms with Crippen LogP contribution < -0.4 is 5.32 Å². The Balaban J connectivity index is 2.11. The molecule has 1 N–H and O–H groups in total. The van der Waals surface area contributed by atoms with Crippen molar-refractivity contribution >= 4 is 5.91 Å². The van der Waals surface area contributed by atoms with Gasteiger partial charge in [-0.2, -0.15) is 13.2 Å². The monoisotopic (exact) mass is 376 g/mol. The Morgan fingerprint density at radius 3 is 2.00 bits per heavy atom. The zero-order valence-electron chi connectivity index (χ0n) is 15.1. The third-order valence-corrected chi connectivity index (χ3v) is 4.17. The first-order chi connectivity index (χ1) is 12.5. The first-order valence-electron chi connectivity index (χ1n) is 9.33. The van der Waals surface area contributed by atoms with Crippen LogP contribution in [-0.2, 0) is 6.18 Å². The van der Waals surface area contributed by atoms with E-state index in [9.17, 15) is 22.4 Å². The van der Waals surface area contributed by atoms with Crippen molar-refractivity contribution in [2.24, 2.45) is 0 Å². The number of amides is 1. The van der Waals surface area contributed by atoms with E-state index in [2.05, 4.69) is 10.3 Å². The molecular weight excluding hydrogens is 348 g/mol. The minimum atomic E-state index is -4.64. The maximum atomic E-state index is 12.8. The zero-order chi connectivity index (χ0) is 19.3. The smallest absolute Gasteiger partial charge is 0.352 e. The predicted octanol–water partition coefficient (Wildman–Crippen LogP) is 5.70. The van der Waals surface area contributed by atoms with Crippen molar-refractivity contribution in [1.82, 2.24) is 10.3 Å². The van der Waals surface area contributed by atoms with Crippen molar-refractivity contribution in [3.8, 4) is 0 Å². The topological polar surface area (TPSA) is 42.0 Å². The third kappa shape index (κ3) is 9.15. The fourth-order valence-electron chi connectivity index (χ4n) is 2.75. The number of carbonyl (C=O) groups excluding carboxylic acids is 1. The minimum Gasteiger partial charge on any atom is -0.352 e. The van der Waals surface area contributed by atoms with Crippen molar-refractivity contribution in [3.63, 3.8) is 0 Å². The largest absolute Gasteiger partial charge is 0.434 e. The number of rotatable bonds is 13. The second-order valence-electron chi connectivity index (χ2n) is 6.38. The third-order valence-electron chi connectivity index (χ3n) is 4.17. The van der Waals surface area contributed by atoms with Crippen LogP contribution in [0.2, 0.25) is 0 Å². The normalized spacial score (nSPS) is 11.5. The van der Waals surface area contributed by atoms with E-state index in [0.717, 1.165) is 70.1 Å². The zero-order valence-corrected chi connectivity index (χ0v) is 15.1. The molecule has 1 aromatic heterocycles. The molecular formula is C19H28F4N2O. The van der Waals surface area contributed by atoms with Gasteiger partial charge in [0.2, 0.25) is 0 Å². The average molecular weight is 376 g/mol. The van der Waals surface area contributed by atoms with Crippen LogP contribution in [0.1, 0.15) is 80.3 Å². The lowest BCUT2D eigenvalue weighted by molar-refractivity contribution is -0.141. The number of hydrogen-bond donors (Lipinski definition) is 1. The van der Waals surface area contributed by atoms with Crippen LogP contribution in [0.3, 0.4) is 0 Å². The Bertz CT molecular complexity index is 521. The molecule has 0 spiro atoms. The van der Waals surface area contributed by atoms with Gasteiger partial charge in [-0.3, -0.25) is 14.2 Å². The summed E-state index contributed by atoms with van der Waals surface area (Å²) in [6.45, 7) is 0.128. The van der Waals surface area contributed by atoms with E-state index in [1.165, 1.54) is 6.07 Å². The molecule has 0 saturated carbocycles. The van der Waals surface area contributed by atoms with Crippen LogP contribution in [-0.4, -0.2) is 24.1 Å². The number of carbonyl (C=O) groups is 1. The van der Waals surface area contributed by atoms with Gasteiger partial charge in [-0.05, 0) is 25.0 Å². The van der Waals surface area contributed by atoms with Crippen molar-refractivity contribution < 1.29 is 22.4 Å². The van der Waals surface area contributed by atoms with Crippen LogP contribution in [0.15, 0.2) is 18.3 Å². The standard InChI is InChI=1S/C19H28F4N2O/c20-13-9-7-5-3-1-2-4-6-8-10-14-25-18(26)16-12-11-15-24-17(16)19(21,22)23/h11-12,15H,1-10,13-14H2,(H,25,26). The maximum Gasteiger partial charge on any atom is 0.434 e. The molecule has 0 atom stereocenters. The number of nitrogens with zero attached hydrogens (tertiary/aromatic N) is 1. The Labute approximate surface area is 152 Å². The van der Waals surface area contributed by atoms with Crippen LogP contribution in [0.5, 0.6) is 0 Å². The van der Waals surface area contributed by atoms with Crippen molar-refractivity contribution in [1.29, 1.82) is 0 Å². The number of hydrogen-bond acceptors (Lipinski definition) is 2. The van der Waals surface area contributed by atoms with E-state index in [4.69, 9.17) is 0 Å². The fourth-order valence-corrected chi connectivity index (χ4v) is 2.75. The van der Waals surface area contributed by atoms with Gasteiger partial charge in [0.1, 0.15) is 0 Å². The highest BCUT2D eigenvalue weighted by molar-refractivity contribution is 5.95. The molecule has 0 aliphatic carbocycles. The molecule has 148 valence electrons. The molecule has 0 aliphatic heterocycles. The SMILES string of the molecule is O=C(NCCCCCCCCCCCCF)c1cccnc1C(F)(F)F. The summed E-state index contributed by atoms with van der Waals surface area (Å²) in [6.07, 6.45) is 6.37. The highest BCUT2D eigenvalue weighted by Gasteiger charge is 2.36. The number of pyridine rings is 1. The fraction of sp³-hybridized carbons (Fsp3) is 0.684. The van der Waals surface area contributed by atoms with Gasteiger partial charge >= 0.3 is 6.18 Å². The highest BCUT2D eigenvalue weighted by Crippen LogP contribution is 2.29. The molecule has 0 unspecified atom stereocenters. The molecule has 0 saturated heterocycles. The van der Waals surface area contributed by atoms with Gasteiger partial charge in [-0.1, -0.05) is 51.4 Å². The highest BCUT2D eigenvalue weighted by atomic mass is 19.4. The summed E-state index contributed by atoms with van der Waals surface area (Å²) in [5.74, 6) is -0.737. The van der Waals surface area contributed by atoms with Crippen LogP contribution in [0.4, 0.5) is 17.6 Å². The van der Waals surface area contributed by atoms with Crippen LogP contribution >= 0.6 is 0 Å². The Kier molecular flexibility index (Phi) is 10.9. The van der Waals surface area contributed by atoms with Gasteiger partial charge in [0.15, 0.2) is 5.69 Å². The van der Waals surface area contributed by atoms with Crippen LogP contribution in [0.25, 0.3) is 0 Å². The summed E-state index contributed by atoms with van der Waals surface area (Å²) < 4.78 is 50.4. The molecule has 0 bridgehead atoms. The van der Waals surface area contributed by atoms with E-state index in [-0.39, 0.29) is 6.67 Å². The lowest BCUT2D eigenvalue weighted by Crippen LogP contribution is -2.27. The van der Waals surface area contributed by atoms with Gasteiger partial charge < -0.3 is 5.32 Å². The van der Waals surface area contributed by atoms with Crippen LogP contribution in [0, 0.1) is 0 Å². The summed E-state index contributed by atoms with van der Waals surface area (Å²) in [7, 11) is 0. The van der Waals surface area contributed by atoms with Gasteiger partial charge in [0, 0.05) is 12.7 Å². The molecule has 1 rings (SSSR count). The predicted molar refractivity (Wildman–Crippen MR) is 93.7 cm³/mol. The molecule has 0 radical (unpaired) electrons. The number of aromatic nitrogens is 1. The summed E-state index contributed by atoms with van der Waals surface area (Å²) in [6, 6.07) is 2.46. The second kappa shape index (κ2) is 12.7. The molecule has 1 aromatic rings. The molecule has 0 aliphatic rings. The summed E-state index contributed by atoms with van der Waals surface area (Å²) in [5, 5.41) is 2.53. The van der Waals surface area contributed by atoms with E-state index < -0.39 is 23.3 Å². The quantitative estimate of drug-likeness (QED) is 0.354. The van der Waals surface area contributed by atoms with E-state index in [1.807, 2.05) is 0 Å². The first kappa shape index (κ1) is 22.4. The minimum absolute atomic E-state index is 0.227. The number of unbranched alkanes of at least 4 members (excludes halogenated alkanes) is 9. The molecule has 1 amide bonds. The lowest BCUT2D eigenvalue weighted by Gasteiger charge is -2.11. The summed E-state index contributed by atoms with van der Waals surface area (Å²) in [4.78, 5) is 15.2. The molecule has 7 heteroatoms. The van der Waals surface area contributed by atoms with Crippen molar-refractivity contribution in [2.45, 2.75) is 70.4 Å². The lowest BCUT2D eigenvalue weighted by atomic mass is 10.1. The van der Waals surface area contributed by atoms with E-state index in [1.54, 1.807) is 0 Å². The Hall–Kier alpha value is -1.66. The summed E-state index contributed by atoms with van der Waals surface area (Å²) in [5.41, 5.74) is -1.59. The van der Waals surface area contributed by atoms with Crippen molar-refractivity contribution in [2.75, 3.05) is 13.2 Å². The van der Waals surface area contributed by atoms with Gasteiger partial charge in [0.25, 0.3) is 5.91 Å². The van der Waals surface area contributed by atoms with Gasteiger partial charge in [-0.15, -0.1) is 0 Å². The number of alkyl halides is 4. The maximum absolute atomic E-state index is 12.8. The average Bonchev–Trinajstić information content (AvgIpc) is 2.61. The molecule has 1 heterocycles. The van der Waals surface area contributed by atoms with E-state index >= 15 is 0 Å².